The van der Waals surface area contributed by atoms with Crippen LogP contribution in [0.2, 0.25) is 0 Å². The van der Waals surface area contributed by atoms with Crippen molar-refractivity contribution in [3.05, 3.63) is 89.8 Å². The third-order valence-corrected chi connectivity index (χ3v) is 4.76. The summed E-state index contributed by atoms with van der Waals surface area (Å²) in [7, 11) is 1.54. The highest BCUT2D eigenvalue weighted by Crippen LogP contribution is 2.30. The molecule has 0 spiro atoms. The van der Waals surface area contributed by atoms with Gasteiger partial charge < -0.3 is 20.5 Å². The Morgan fingerprint density at radius 1 is 1.19 bits per heavy atom. The molecular weight excluding hydrogens is 396 g/mol. The van der Waals surface area contributed by atoms with E-state index in [-0.39, 0.29) is 11.3 Å². The summed E-state index contributed by atoms with van der Waals surface area (Å²) < 4.78 is 6.75. The average Bonchev–Trinajstić information content (AvgIpc) is 3.22. The number of allylic oxidation sites excluding steroid dienone is 2. The van der Waals surface area contributed by atoms with Crippen molar-refractivity contribution in [2.45, 2.75) is 6.04 Å². The van der Waals surface area contributed by atoms with E-state index in [9.17, 15) is 14.7 Å². The van der Waals surface area contributed by atoms with Gasteiger partial charge in [-0.25, -0.2) is 9.48 Å². The van der Waals surface area contributed by atoms with Gasteiger partial charge in [0.25, 0.3) is 5.91 Å². The van der Waals surface area contributed by atoms with Gasteiger partial charge >= 0.3 is 5.97 Å². The molecule has 1 amide bonds. The van der Waals surface area contributed by atoms with Gasteiger partial charge in [-0.15, -0.1) is 0 Å². The number of nitrogens with zero attached hydrogens (tertiary/aromatic N) is 2. The molecule has 3 aromatic rings. The Morgan fingerprint density at radius 3 is 2.74 bits per heavy atom. The normalized spacial score (nSPS) is 15.0. The lowest BCUT2D eigenvalue weighted by Gasteiger charge is -2.22. The molecule has 1 aliphatic rings. The highest BCUT2D eigenvalue weighted by Gasteiger charge is 2.27. The second-order valence-electron chi connectivity index (χ2n) is 6.81. The molecule has 0 saturated carbocycles. The van der Waals surface area contributed by atoms with Crippen molar-refractivity contribution in [2.24, 2.45) is 0 Å². The highest BCUT2D eigenvalue weighted by molar-refractivity contribution is 6.08. The third-order valence-electron chi connectivity index (χ3n) is 4.76. The summed E-state index contributed by atoms with van der Waals surface area (Å²) in [6.45, 7) is 0. The molecule has 2 aromatic carbocycles. The molecule has 3 N–H and O–H groups in total. The Labute approximate surface area is 178 Å². The second-order valence-corrected chi connectivity index (χ2v) is 6.81. The van der Waals surface area contributed by atoms with E-state index < -0.39 is 17.9 Å². The van der Waals surface area contributed by atoms with Crippen LogP contribution in [0.3, 0.4) is 0 Å². The van der Waals surface area contributed by atoms with E-state index >= 15 is 0 Å². The van der Waals surface area contributed by atoms with Gasteiger partial charge in [0.1, 0.15) is 22.8 Å². The maximum absolute atomic E-state index is 12.9. The lowest BCUT2D eigenvalue weighted by molar-refractivity contribution is -0.132. The number of aromatic nitrogens is 2. The molecule has 156 valence electrons. The molecule has 8 heteroatoms. The summed E-state index contributed by atoms with van der Waals surface area (Å²) >= 11 is 0. The van der Waals surface area contributed by atoms with Crippen LogP contribution < -0.4 is 15.4 Å². The number of benzene rings is 2. The molecule has 0 unspecified atom stereocenters. The molecule has 0 aliphatic carbocycles. The number of nitrogens with one attached hydrogen (secondary N) is 2. The van der Waals surface area contributed by atoms with Gasteiger partial charge in [0.05, 0.1) is 19.3 Å². The van der Waals surface area contributed by atoms with E-state index in [4.69, 9.17) is 4.74 Å². The summed E-state index contributed by atoms with van der Waals surface area (Å²) in [5, 5.41) is 19.4. The van der Waals surface area contributed by atoms with Gasteiger partial charge in [-0.1, -0.05) is 48.6 Å². The van der Waals surface area contributed by atoms with Crippen LogP contribution in [0.25, 0.3) is 6.08 Å². The number of anilines is 2. The predicted molar refractivity (Wildman–Crippen MR) is 117 cm³/mol. The van der Waals surface area contributed by atoms with E-state index in [0.717, 1.165) is 5.56 Å². The molecule has 0 saturated heterocycles. The van der Waals surface area contributed by atoms with Crippen molar-refractivity contribution in [3.63, 3.8) is 0 Å². The fourth-order valence-electron chi connectivity index (χ4n) is 3.22. The number of carboxylic acid groups (broad SMARTS) is 1. The average molecular weight is 416 g/mol. The van der Waals surface area contributed by atoms with Crippen LogP contribution in [0.5, 0.6) is 5.75 Å². The zero-order valence-electron chi connectivity index (χ0n) is 16.6. The Morgan fingerprint density at radius 2 is 2.00 bits per heavy atom. The van der Waals surface area contributed by atoms with Crippen LogP contribution in [0, 0.1) is 0 Å². The molecule has 0 fully saturated rings. The van der Waals surface area contributed by atoms with E-state index in [1.807, 2.05) is 42.5 Å². The monoisotopic (exact) mass is 416 g/mol. The summed E-state index contributed by atoms with van der Waals surface area (Å²) in [4.78, 5) is 24.5. The minimum absolute atomic E-state index is 0.0221. The van der Waals surface area contributed by atoms with E-state index in [2.05, 4.69) is 15.7 Å². The molecule has 2 heterocycles. The van der Waals surface area contributed by atoms with Crippen LogP contribution in [0.15, 0.2) is 78.6 Å². The van der Waals surface area contributed by atoms with E-state index in [0.29, 0.717) is 17.3 Å². The van der Waals surface area contributed by atoms with Crippen molar-refractivity contribution >= 4 is 29.5 Å². The summed E-state index contributed by atoms with van der Waals surface area (Å²) in [5.41, 5.74) is 1.73. The summed E-state index contributed by atoms with van der Waals surface area (Å²) in [6.07, 6.45) is 6.68. The molecule has 4 rings (SSSR count). The van der Waals surface area contributed by atoms with E-state index in [1.165, 1.54) is 6.20 Å². The Kier molecular flexibility index (Phi) is 5.53. The van der Waals surface area contributed by atoms with Crippen molar-refractivity contribution in [1.29, 1.82) is 0 Å². The molecule has 0 bridgehead atoms. The first-order valence-electron chi connectivity index (χ1n) is 9.53. The lowest BCUT2D eigenvalue weighted by atomic mass is 10.1. The summed E-state index contributed by atoms with van der Waals surface area (Å²) in [5.74, 6) is -0.623. The van der Waals surface area contributed by atoms with Crippen LogP contribution in [-0.4, -0.2) is 33.9 Å². The minimum Gasteiger partial charge on any atom is -0.497 e. The number of rotatable bonds is 6. The van der Waals surface area contributed by atoms with Gasteiger partial charge in [0.2, 0.25) is 0 Å². The third kappa shape index (κ3) is 4.32. The number of hydrogen-bond donors (Lipinski definition) is 3. The van der Waals surface area contributed by atoms with Crippen molar-refractivity contribution in [3.8, 4) is 5.75 Å². The minimum atomic E-state index is -1.12. The zero-order chi connectivity index (χ0) is 21.8. The molecule has 8 nitrogen and oxygen atoms in total. The number of ether oxygens (including phenoxy) is 1. The number of methoxy groups -OCH3 is 1. The fourth-order valence-corrected chi connectivity index (χ4v) is 3.22. The molecule has 1 aliphatic heterocycles. The molecule has 1 atom stereocenters. The Bertz CT molecular complexity index is 1180. The van der Waals surface area contributed by atoms with Crippen LogP contribution in [0.4, 0.5) is 11.5 Å². The van der Waals surface area contributed by atoms with Crippen molar-refractivity contribution in [1.82, 2.24) is 9.78 Å². The smallest absolute Gasteiger partial charge is 0.352 e. The van der Waals surface area contributed by atoms with Crippen molar-refractivity contribution in [2.75, 3.05) is 17.7 Å². The van der Waals surface area contributed by atoms with Crippen molar-refractivity contribution < 1.29 is 19.4 Å². The van der Waals surface area contributed by atoms with E-state index in [1.54, 1.807) is 42.1 Å². The lowest BCUT2D eigenvalue weighted by Crippen LogP contribution is -2.24. The topological polar surface area (TPSA) is 105 Å². The standard InChI is InChI=1S/C23H20N4O4/c1-31-18-9-5-8-16(12-18)25-22(28)19-14-24-27-17(11-10-15-6-3-2-4-7-15)13-20(23(29)30)26-21(19)27/h2-14,17,26H,1H3,(H,25,28)(H,29,30)/b11-10+/t17-/m1/s1. The first-order chi connectivity index (χ1) is 15.0. The van der Waals surface area contributed by atoms with Gasteiger partial charge in [-0.2, -0.15) is 5.10 Å². The first-order valence-corrected chi connectivity index (χ1v) is 9.53. The number of amides is 1. The van der Waals surface area contributed by atoms with Crippen LogP contribution in [-0.2, 0) is 4.79 Å². The van der Waals surface area contributed by atoms with Gasteiger partial charge in [-0.3, -0.25) is 4.79 Å². The maximum Gasteiger partial charge on any atom is 0.352 e. The number of carbonyl (C=O) groups is 2. The highest BCUT2D eigenvalue weighted by atomic mass is 16.5. The van der Waals surface area contributed by atoms with Gasteiger partial charge in [-0.05, 0) is 23.8 Å². The van der Waals surface area contributed by atoms with Crippen LogP contribution in [0.1, 0.15) is 22.0 Å². The number of carbonyl (C=O) groups excluding carboxylic acids is 1. The fraction of sp³-hybridized carbons (Fsp3) is 0.0870. The molecular formula is C23H20N4O4. The Balaban J connectivity index is 1.64. The SMILES string of the molecule is COc1cccc(NC(=O)c2cnn3c2NC(C(=O)O)=C[C@H]3/C=C/c2ccccc2)c1. The number of carboxylic acids is 1. The quantitative estimate of drug-likeness (QED) is 0.565. The maximum atomic E-state index is 12.9. The zero-order valence-corrected chi connectivity index (χ0v) is 16.6. The first kappa shape index (κ1) is 20.0. The number of hydrogen-bond acceptors (Lipinski definition) is 5. The predicted octanol–water partition coefficient (Wildman–Crippen LogP) is 3.79. The second kappa shape index (κ2) is 8.58. The summed E-state index contributed by atoms with van der Waals surface area (Å²) in [6, 6.07) is 16.1. The largest absolute Gasteiger partial charge is 0.497 e. The number of aliphatic carboxylic acids is 1. The van der Waals surface area contributed by atoms with Gasteiger partial charge in [0, 0.05) is 11.8 Å². The van der Waals surface area contributed by atoms with Gasteiger partial charge in [0.15, 0.2) is 0 Å². The molecule has 1 aromatic heterocycles. The number of fused-ring (bicyclic) bond motifs is 1. The Hall–Kier alpha value is -4.33. The molecule has 31 heavy (non-hydrogen) atoms. The van der Waals surface area contributed by atoms with Crippen LogP contribution >= 0.6 is 0 Å². The molecule has 0 radical (unpaired) electrons.